The van der Waals surface area contributed by atoms with Crippen LogP contribution >= 0.6 is 22.9 Å². The first-order chi connectivity index (χ1) is 10.3. The molecule has 1 N–H and O–H groups in total. The Morgan fingerprint density at radius 1 is 1.57 bits per heavy atom. The van der Waals surface area contributed by atoms with E-state index in [1.807, 2.05) is 23.6 Å². The minimum absolute atomic E-state index is 0.427. The average Bonchev–Trinajstić information content (AvgIpc) is 3.14. The number of nitriles is 1. The van der Waals surface area contributed by atoms with Crippen molar-refractivity contribution in [3.8, 4) is 6.07 Å². The Hall–Kier alpha value is -1.61. The van der Waals surface area contributed by atoms with Crippen LogP contribution in [0.2, 0.25) is 5.02 Å². The van der Waals surface area contributed by atoms with Gasteiger partial charge in [0.1, 0.15) is 11.9 Å². The van der Waals surface area contributed by atoms with Crippen molar-refractivity contribution in [1.82, 2.24) is 10.3 Å². The predicted octanol–water partition coefficient (Wildman–Crippen LogP) is 3.04. The van der Waals surface area contributed by atoms with Crippen molar-refractivity contribution in [2.75, 3.05) is 18.0 Å². The van der Waals surface area contributed by atoms with Gasteiger partial charge in [0.15, 0.2) is 0 Å². The summed E-state index contributed by atoms with van der Waals surface area (Å²) in [7, 11) is 0. The fraction of sp³-hybridized carbons (Fsp3) is 0.333. The third-order valence-corrected chi connectivity index (χ3v) is 4.81. The first-order valence-corrected chi connectivity index (χ1v) is 8.08. The molecule has 3 heterocycles. The fourth-order valence-electron chi connectivity index (χ4n) is 2.51. The van der Waals surface area contributed by atoms with Crippen LogP contribution in [0.25, 0.3) is 0 Å². The molecule has 2 aromatic heterocycles. The van der Waals surface area contributed by atoms with Gasteiger partial charge in [0.25, 0.3) is 0 Å². The van der Waals surface area contributed by atoms with Crippen molar-refractivity contribution in [3.05, 3.63) is 45.2 Å². The van der Waals surface area contributed by atoms with Gasteiger partial charge in [-0.3, -0.25) is 0 Å². The molecule has 0 aromatic carbocycles. The van der Waals surface area contributed by atoms with E-state index in [1.165, 1.54) is 4.88 Å². The maximum Gasteiger partial charge on any atom is 0.147 e. The highest BCUT2D eigenvalue weighted by Gasteiger charge is 2.24. The zero-order valence-electron chi connectivity index (χ0n) is 11.4. The molecule has 1 unspecified atom stereocenters. The van der Waals surface area contributed by atoms with Crippen molar-refractivity contribution in [2.24, 2.45) is 0 Å². The first kappa shape index (κ1) is 14.3. The maximum absolute atomic E-state index is 8.83. The molecule has 0 amide bonds. The predicted molar refractivity (Wildman–Crippen MR) is 85.7 cm³/mol. The Labute approximate surface area is 133 Å². The normalized spacial score (nSPS) is 17.9. The molecule has 1 aliphatic rings. The van der Waals surface area contributed by atoms with Gasteiger partial charge in [0.2, 0.25) is 0 Å². The van der Waals surface area contributed by atoms with Gasteiger partial charge in [0, 0.05) is 42.1 Å². The smallest absolute Gasteiger partial charge is 0.147 e. The Morgan fingerprint density at radius 3 is 3.24 bits per heavy atom. The molecule has 1 saturated heterocycles. The van der Waals surface area contributed by atoms with Gasteiger partial charge >= 0.3 is 0 Å². The second-order valence-electron chi connectivity index (χ2n) is 5.03. The van der Waals surface area contributed by atoms with E-state index in [0.29, 0.717) is 11.1 Å². The second kappa shape index (κ2) is 6.44. The summed E-state index contributed by atoms with van der Waals surface area (Å²) in [6.45, 7) is 2.68. The molecule has 1 aliphatic heterocycles. The molecule has 1 fully saturated rings. The molecular formula is C15H15ClN4S. The molecule has 2 aromatic rings. The van der Waals surface area contributed by atoms with E-state index in [9.17, 15) is 0 Å². The summed E-state index contributed by atoms with van der Waals surface area (Å²) >= 11 is 7.82. The van der Waals surface area contributed by atoms with Crippen molar-refractivity contribution in [3.63, 3.8) is 0 Å². The highest BCUT2D eigenvalue weighted by atomic mass is 35.5. The average molecular weight is 319 g/mol. The van der Waals surface area contributed by atoms with Crippen LogP contribution in [0.1, 0.15) is 16.9 Å². The summed E-state index contributed by atoms with van der Waals surface area (Å²) in [5.41, 5.74) is 0.741. The zero-order valence-corrected chi connectivity index (χ0v) is 13.0. The largest absolute Gasteiger partial charge is 0.354 e. The van der Waals surface area contributed by atoms with Gasteiger partial charge in [-0.05, 0) is 24.6 Å². The van der Waals surface area contributed by atoms with Crippen LogP contribution in [0.5, 0.6) is 0 Å². The second-order valence-corrected chi connectivity index (χ2v) is 6.44. The first-order valence-electron chi connectivity index (χ1n) is 6.82. The van der Waals surface area contributed by atoms with Crippen molar-refractivity contribution >= 4 is 28.8 Å². The number of anilines is 1. The Morgan fingerprint density at radius 2 is 2.48 bits per heavy atom. The van der Waals surface area contributed by atoms with E-state index in [0.717, 1.165) is 37.4 Å². The van der Waals surface area contributed by atoms with E-state index >= 15 is 0 Å². The molecule has 0 spiro atoms. The van der Waals surface area contributed by atoms with Crippen LogP contribution in [-0.4, -0.2) is 24.1 Å². The summed E-state index contributed by atoms with van der Waals surface area (Å²) in [4.78, 5) is 7.77. The van der Waals surface area contributed by atoms with E-state index in [-0.39, 0.29) is 0 Å². The van der Waals surface area contributed by atoms with Crippen molar-refractivity contribution in [1.29, 1.82) is 5.26 Å². The number of thiophene rings is 1. The third-order valence-electron chi connectivity index (χ3n) is 3.57. The minimum atomic E-state index is 0.427. The molecule has 0 aliphatic carbocycles. The van der Waals surface area contributed by atoms with E-state index < -0.39 is 0 Å². The lowest BCUT2D eigenvalue weighted by atomic mass is 10.2. The van der Waals surface area contributed by atoms with Crippen molar-refractivity contribution < 1.29 is 0 Å². The summed E-state index contributed by atoms with van der Waals surface area (Å²) in [5, 5.41) is 15.0. The van der Waals surface area contributed by atoms with Crippen LogP contribution in [0, 0.1) is 11.3 Å². The molecule has 4 nitrogen and oxygen atoms in total. The number of rotatable bonds is 4. The minimum Gasteiger partial charge on any atom is -0.354 e. The summed E-state index contributed by atoms with van der Waals surface area (Å²) in [6, 6.07) is 8.26. The van der Waals surface area contributed by atoms with Gasteiger partial charge in [-0.2, -0.15) is 5.26 Å². The van der Waals surface area contributed by atoms with Crippen molar-refractivity contribution in [2.45, 2.75) is 19.0 Å². The highest BCUT2D eigenvalue weighted by molar-refractivity contribution is 7.10. The fourth-order valence-corrected chi connectivity index (χ4v) is 3.51. The lowest BCUT2D eigenvalue weighted by Gasteiger charge is -2.18. The van der Waals surface area contributed by atoms with Gasteiger partial charge in [-0.25, -0.2) is 4.98 Å². The van der Waals surface area contributed by atoms with Gasteiger partial charge in [0.05, 0.1) is 10.6 Å². The number of hydrogen-bond donors (Lipinski definition) is 1. The summed E-state index contributed by atoms with van der Waals surface area (Å²) in [6.07, 6.45) is 2.85. The van der Waals surface area contributed by atoms with Crippen LogP contribution in [0.4, 0.5) is 5.82 Å². The summed E-state index contributed by atoms with van der Waals surface area (Å²) in [5.74, 6) is 0.867. The lowest BCUT2D eigenvalue weighted by molar-refractivity contribution is 0.555. The monoisotopic (exact) mass is 318 g/mol. The molecule has 21 heavy (non-hydrogen) atoms. The van der Waals surface area contributed by atoms with E-state index in [4.69, 9.17) is 16.9 Å². The Kier molecular flexibility index (Phi) is 4.39. The highest BCUT2D eigenvalue weighted by Crippen LogP contribution is 2.26. The molecule has 1 atom stereocenters. The standard InChI is InChI=1S/C15H15ClN4S/c16-14-2-1-4-18-15(14)20-5-3-12(9-20)19-8-13-6-11(7-17)10-21-13/h1-2,4,6,10,12,19H,3,5,8-9H2. The number of nitrogens with one attached hydrogen (secondary N) is 1. The molecule has 3 rings (SSSR count). The quantitative estimate of drug-likeness (QED) is 0.941. The zero-order chi connectivity index (χ0) is 14.7. The molecule has 6 heteroatoms. The van der Waals surface area contributed by atoms with Crippen LogP contribution < -0.4 is 10.2 Å². The van der Waals surface area contributed by atoms with Crippen LogP contribution in [-0.2, 0) is 6.54 Å². The maximum atomic E-state index is 8.83. The Bertz CT molecular complexity index is 664. The number of nitrogens with zero attached hydrogens (tertiary/aromatic N) is 3. The van der Waals surface area contributed by atoms with Gasteiger partial charge in [-0.15, -0.1) is 11.3 Å². The number of halogens is 1. The molecule has 0 radical (unpaired) electrons. The van der Waals surface area contributed by atoms with Gasteiger partial charge in [-0.1, -0.05) is 11.6 Å². The number of hydrogen-bond acceptors (Lipinski definition) is 5. The third kappa shape index (κ3) is 3.35. The van der Waals surface area contributed by atoms with E-state index in [1.54, 1.807) is 17.5 Å². The van der Waals surface area contributed by atoms with Crippen LogP contribution in [0.3, 0.4) is 0 Å². The molecule has 0 saturated carbocycles. The van der Waals surface area contributed by atoms with Crippen LogP contribution in [0.15, 0.2) is 29.8 Å². The topological polar surface area (TPSA) is 52.0 Å². The lowest BCUT2D eigenvalue weighted by Crippen LogP contribution is -2.32. The molecular weight excluding hydrogens is 304 g/mol. The summed E-state index contributed by atoms with van der Waals surface area (Å²) < 4.78 is 0. The number of aromatic nitrogens is 1. The van der Waals surface area contributed by atoms with E-state index in [2.05, 4.69) is 21.3 Å². The van der Waals surface area contributed by atoms with Gasteiger partial charge < -0.3 is 10.2 Å². The Balaban J connectivity index is 1.55. The number of pyridine rings is 1. The SMILES string of the molecule is N#Cc1csc(CNC2CCN(c3ncccc3Cl)C2)c1. The molecule has 0 bridgehead atoms. The molecule has 108 valence electrons.